The van der Waals surface area contributed by atoms with Crippen LogP contribution in [0, 0.1) is 19.3 Å². The van der Waals surface area contributed by atoms with E-state index in [-0.39, 0.29) is 30.7 Å². The van der Waals surface area contributed by atoms with Crippen molar-refractivity contribution in [3.05, 3.63) is 29.1 Å². The molecule has 2 fully saturated rings. The monoisotopic (exact) mass is 345 g/mol. The topological polar surface area (TPSA) is 45.2 Å². The van der Waals surface area contributed by atoms with Crippen molar-refractivity contribution < 1.29 is 4.79 Å². The fourth-order valence-corrected chi connectivity index (χ4v) is 3.49. The van der Waals surface area contributed by atoms with E-state index in [1.807, 2.05) is 30.9 Å². The molecule has 0 saturated carbocycles. The van der Waals surface area contributed by atoms with Crippen LogP contribution in [0.25, 0.3) is 0 Å². The van der Waals surface area contributed by atoms with Gasteiger partial charge in [0.25, 0.3) is 5.91 Å². The highest BCUT2D eigenvalue weighted by Gasteiger charge is 2.38. The Balaban J connectivity index is 0.00000121. The number of carbonyl (C=O) groups is 1. The standard InChI is InChI=1S/C16H23N3O.2ClH/c1-12-3-4-14(13(2)18-12)15(20)19-9-6-16(7-10-19)5-8-17-11-16;;/h3-4,17H,5-11H2,1-2H3;2*1H. The van der Waals surface area contributed by atoms with Crippen molar-refractivity contribution in [2.24, 2.45) is 5.41 Å². The van der Waals surface area contributed by atoms with Gasteiger partial charge in [-0.3, -0.25) is 9.78 Å². The number of nitrogens with one attached hydrogen (secondary N) is 1. The summed E-state index contributed by atoms with van der Waals surface area (Å²) in [6.07, 6.45) is 3.52. The lowest BCUT2D eigenvalue weighted by molar-refractivity contribution is 0.0606. The van der Waals surface area contributed by atoms with Crippen LogP contribution in [0.4, 0.5) is 0 Å². The molecule has 22 heavy (non-hydrogen) atoms. The van der Waals surface area contributed by atoms with Gasteiger partial charge in [0.05, 0.1) is 11.3 Å². The Labute approximate surface area is 144 Å². The summed E-state index contributed by atoms with van der Waals surface area (Å²) in [6.45, 7) is 7.91. The Morgan fingerprint density at radius 2 is 1.86 bits per heavy atom. The van der Waals surface area contributed by atoms with Crippen molar-refractivity contribution in [2.45, 2.75) is 33.1 Å². The number of aromatic nitrogens is 1. The zero-order chi connectivity index (χ0) is 14.2. The number of carbonyl (C=O) groups excluding carboxylic acids is 1. The van der Waals surface area contributed by atoms with Crippen molar-refractivity contribution in [1.82, 2.24) is 15.2 Å². The van der Waals surface area contributed by atoms with E-state index in [0.29, 0.717) is 5.41 Å². The van der Waals surface area contributed by atoms with Gasteiger partial charge in [-0.05, 0) is 57.2 Å². The van der Waals surface area contributed by atoms with E-state index in [0.717, 1.165) is 56.0 Å². The summed E-state index contributed by atoms with van der Waals surface area (Å²) >= 11 is 0. The molecule has 1 aromatic heterocycles. The van der Waals surface area contributed by atoms with Gasteiger partial charge >= 0.3 is 0 Å². The van der Waals surface area contributed by atoms with E-state index in [4.69, 9.17) is 0 Å². The maximum Gasteiger partial charge on any atom is 0.255 e. The number of pyridine rings is 1. The van der Waals surface area contributed by atoms with E-state index < -0.39 is 0 Å². The number of piperidine rings is 1. The highest BCUT2D eigenvalue weighted by atomic mass is 35.5. The third kappa shape index (κ3) is 3.73. The number of halogens is 2. The maximum absolute atomic E-state index is 12.6. The molecule has 0 unspecified atom stereocenters. The Hall–Kier alpha value is -0.840. The third-order valence-electron chi connectivity index (χ3n) is 4.90. The quantitative estimate of drug-likeness (QED) is 0.851. The molecular formula is C16H25Cl2N3O. The second kappa shape index (κ2) is 7.62. The Kier molecular flexibility index (Phi) is 6.65. The van der Waals surface area contributed by atoms with Gasteiger partial charge in [0.2, 0.25) is 0 Å². The van der Waals surface area contributed by atoms with Gasteiger partial charge in [0.1, 0.15) is 0 Å². The van der Waals surface area contributed by atoms with Gasteiger partial charge in [-0.25, -0.2) is 0 Å². The van der Waals surface area contributed by atoms with E-state index in [1.54, 1.807) is 0 Å². The van der Waals surface area contributed by atoms with Crippen LogP contribution in [0.2, 0.25) is 0 Å². The molecule has 4 nitrogen and oxygen atoms in total. The zero-order valence-electron chi connectivity index (χ0n) is 13.2. The molecule has 1 spiro atoms. The van der Waals surface area contributed by atoms with E-state index in [1.165, 1.54) is 6.42 Å². The van der Waals surface area contributed by atoms with Crippen molar-refractivity contribution in [2.75, 3.05) is 26.2 Å². The molecule has 0 aliphatic carbocycles. The van der Waals surface area contributed by atoms with Crippen LogP contribution in [0.5, 0.6) is 0 Å². The predicted octanol–water partition coefficient (Wildman–Crippen LogP) is 2.76. The smallest absolute Gasteiger partial charge is 0.255 e. The van der Waals surface area contributed by atoms with Crippen molar-refractivity contribution >= 4 is 30.7 Å². The molecule has 6 heteroatoms. The molecular weight excluding hydrogens is 321 g/mol. The Morgan fingerprint density at radius 1 is 1.18 bits per heavy atom. The second-order valence-corrected chi connectivity index (χ2v) is 6.30. The van der Waals surface area contributed by atoms with Crippen molar-refractivity contribution in [3.63, 3.8) is 0 Å². The Bertz CT molecular complexity index is 520. The van der Waals surface area contributed by atoms with Gasteiger partial charge in [-0.1, -0.05) is 0 Å². The van der Waals surface area contributed by atoms with Gasteiger partial charge in [-0.15, -0.1) is 24.8 Å². The fourth-order valence-electron chi connectivity index (χ4n) is 3.49. The molecule has 0 bridgehead atoms. The highest BCUT2D eigenvalue weighted by Crippen LogP contribution is 2.37. The number of likely N-dealkylation sites (tertiary alicyclic amines) is 1. The van der Waals surface area contributed by atoms with Crippen LogP contribution in [0.1, 0.15) is 41.0 Å². The molecule has 2 aliphatic rings. The number of aryl methyl sites for hydroxylation is 2. The average molecular weight is 346 g/mol. The van der Waals surface area contributed by atoms with Crippen LogP contribution in [0.15, 0.2) is 12.1 Å². The first-order valence-electron chi connectivity index (χ1n) is 7.54. The lowest BCUT2D eigenvalue weighted by atomic mass is 9.78. The minimum Gasteiger partial charge on any atom is -0.339 e. The first-order valence-corrected chi connectivity index (χ1v) is 7.54. The van der Waals surface area contributed by atoms with E-state index in [9.17, 15) is 4.79 Å². The lowest BCUT2D eigenvalue weighted by Crippen LogP contribution is -2.44. The first kappa shape index (κ1) is 19.2. The van der Waals surface area contributed by atoms with Crippen LogP contribution < -0.4 is 5.32 Å². The van der Waals surface area contributed by atoms with Gasteiger partial charge in [0, 0.05) is 25.3 Å². The molecule has 3 rings (SSSR count). The Morgan fingerprint density at radius 3 is 2.41 bits per heavy atom. The summed E-state index contributed by atoms with van der Waals surface area (Å²) in [5.41, 5.74) is 3.03. The summed E-state index contributed by atoms with van der Waals surface area (Å²) in [5, 5.41) is 3.46. The molecule has 124 valence electrons. The summed E-state index contributed by atoms with van der Waals surface area (Å²) in [4.78, 5) is 19.0. The number of hydrogen-bond donors (Lipinski definition) is 1. The number of hydrogen-bond acceptors (Lipinski definition) is 3. The number of amides is 1. The molecule has 3 heterocycles. The summed E-state index contributed by atoms with van der Waals surface area (Å²) in [6, 6.07) is 3.84. The number of nitrogens with zero attached hydrogens (tertiary/aromatic N) is 2. The van der Waals surface area contributed by atoms with Crippen LogP contribution >= 0.6 is 24.8 Å². The second-order valence-electron chi connectivity index (χ2n) is 6.30. The molecule has 2 aliphatic heterocycles. The van der Waals surface area contributed by atoms with E-state index in [2.05, 4.69) is 10.3 Å². The van der Waals surface area contributed by atoms with Crippen LogP contribution in [-0.2, 0) is 0 Å². The maximum atomic E-state index is 12.6. The van der Waals surface area contributed by atoms with Crippen molar-refractivity contribution in [3.8, 4) is 0 Å². The SMILES string of the molecule is Cc1ccc(C(=O)N2CCC3(CCNC3)CC2)c(C)n1.Cl.Cl. The largest absolute Gasteiger partial charge is 0.339 e. The molecule has 0 radical (unpaired) electrons. The zero-order valence-corrected chi connectivity index (χ0v) is 14.9. The normalized spacial score (nSPS) is 19.5. The first-order chi connectivity index (χ1) is 9.60. The van der Waals surface area contributed by atoms with E-state index >= 15 is 0 Å². The molecule has 1 N–H and O–H groups in total. The third-order valence-corrected chi connectivity index (χ3v) is 4.90. The molecule has 0 aromatic carbocycles. The fraction of sp³-hybridized carbons (Fsp3) is 0.625. The molecule has 1 aromatic rings. The molecule has 2 saturated heterocycles. The molecule has 0 atom stereocenters. The molecule has 1 amide bonds. The summed E-state index contributed by atoms with van der Waals surface area (Å²) < 4.78 is 0. The van der Waals surface area contributed by atoms with Crippen LogP contribution in [0.3, 0.4) is 0 Å². The van der Waals surface area contributed by atoms with Crippen molar-refractivity contribution in [1.29, 1.82) is 0 Å². The summed E-state index contributed by atoms with van der Waals surface area (Å²) in [7, 11) is 0. The predicted molar refractivity (Wildman–Crippen MR) is 93.3 cm³/mol. The highest BCUT2D eigenvalue weighted by molar-refractivity contribution is 5.95. The lowest BCUT2D eigenvalue weighted by Gasteiger charge is -2.39. The average Bonchev–Trinajstić information content (AvgIpc) is 2.87. The minimum atomic E-state index is 0. The van der Waals surface area contributed by atoms with Crippen LogP contribution in [-0.4, -0.2) is 42.0 Å². The van der Waals surface area contributed by atoms with Gasteiger partial charge in [-0.2, -0.15) is 0 Å². The van der Waals surface area contributed by atoms with Gasteiger partial charge < -0.3 is 10.2 Å². The van der Waals surface area contributed by atoms with Gasteiger partial charge in [0.15, 0.2) is 0 Å². The minimum absolute atomic E-state index is 0. The number of rotatable bonds is 1. The summed E-state index contributed by atoms with van der Waals surface area (Å²) in [5.74, 6) is 0.149.